The Morgan fingerprint density at radius 3 is 2.55 bits per heavy atom. The summed E-state index contributed by atoms with van der Waals surface area (Å²) in [6.45, 7) is 7.08. The van der Waals surface area contributed by atoms with Gasteiger partial charge in [0, 0.05) is 18.7 Å². The molecule has 0 amide bonds. The SMILES string of the molecule is CCCNC(Cc1nccc(C(F)(F)F)n1)CC(C)C. The van der Waals surface area contributed by atoms with Gasteiger partial charge in [-0.3, -0.25) is 0 Å². The minimum Gasteiger partial charge on any atom is -0.314 e. The molecule has 0 radical (unpaired) electrons. The Morgan fingerprint density at radius 2 is 2.00 bits per heavy atom. The lowest BCUT2D eigenvalue weighted by molar-refractivity contribution is -0.141. The van der Waals surface area contributed by atoms with Crippen LogP contribution >= 0.6 is 0 Å². The van der Waals surface area contributed by atoms with Gasteiger partial charge < -0.3 is 5.32 Å². The van der Waals surface area contributed by atoms with Crippen molar-refractivity contribution in [1.29, 1.82) is 0 Å². The van der Waals surface area contributed by atoms with Crippen molar-refractivity contribution in [2.24, 2.45) is 5.92 Å². The molecule has 6 heteroatoms. The van der Waals surface area contributed by atoms with Crippen molar-refractivity contribution in [2.75, 3.05) is 6.54 Å². The quantitative estimate of drug-likeness (QED) is 0.835. The van der Waals surface area contributed by atoms with Gasteiger partial charge in [-0.15, -0.1) is 0 Å². The standard InChI is InChI=1S/C14H22F3N3/c1-4-6-18-11(8-10(2)3)9-13-19-7-5-12(20-13)14(15,16)17/h5,7,10-11,18H,4,6,8-9H2,1-3H3. The van der Waals surface area contributed by atoms with E-state index in [0.29, 0.717) is 12.3 Å². The number of aromatic nitrogens is 2. The lowest BCUT2D eigenvalue weighted by atomic mass is 10.0. The zero-order chi connectivity index (χ0) is 15.2. The van der Waals surface area contributed by atoms with E-state index in [0.717, 1.165) is 25.5 Å². The van der Waals surface area contributed by atoms with Crippen molar-refractivity contribution < 1.29 is 13.2 Å². The second kappa shape index (κ2) is 7.57. The van der Waals surface area contributed by atoms with Gasteiger partial charge in [0.1, 0.15) is 11.5 Å². The zero-order valence-corrected chi connectivity index (χ0v) is 12.2. The summed E-state index contributed by atoms with van der Waals surface area (Å²) in [4.78, 5) is 7.58. The van der Waals surface area contributed by atoms with Gasteiger partial charge in [-0.05, 0) is 31.4 Å². The van der Waals surface area contributed by atoms with E-state index in [9.17, 15) is 13.2 Å². The van der Waals surface area contributed by atoms with Gasteiger partial charge in [0.15, 0.2) is 0 Å². The van der Waals surface area contributed by atoms with Crippen molar-refractivity contribution in [3.05, 3.63) is 23.8 Å². The number of rotatable bonds is 7. The maximum Gasteiger partial charge on any atom is 0.433 e. The smallest absolute Gasteiger partial charge is 0.314 e. The molecule has 0 saturated heterocycles. The van der Waals surface area contributed by atoms with Crippen molar-refractivity contribution in [3.63, 3.8) is 0 Å². The molecule has 0 aromatic carbocycles. The Hall–Kier alpha value is -1.17. The molecule has 0 aliphatic heterocycles. The number of alkyl halides is 3. The van der Waals surface area contributed by atoms with Crippen molar-refractivity contribution >= 4 is 0 Å². The molecule has 0 aliphatic carbocycles. The summed E-state index contributed by atoms with van der Waals surface area (Å²) in [5.74, 6) is 0.712. The fourth-order valence-corrected chi connectivity index (χ4v) is 2.03. The highest BCUT2D eigenvalue weighted by molar-refractivity contribution is 5.07. The Morgan fingerprint density at radius 1 is 1.30 bits per heavy atom. The largest absolute Gasteiger partial charge is 0.433 e. The van der Waals surface area contributed by atoms with E-state index in [-0.39, 0.29) is 11.9 Å². The van der Waals surface area contributed by atoms with Gasteiger partial charge in [0.05, 0.1) is 0 Å². The third-order valence-electron chi connectivity index (χ3n) is 2.86. The number of hydrogen-bond donors (Lipinski definition) is 1. The molecule has 20 heavy (non-hydrogen) atoms. The molecule has 114 valence electrons. The minimum atomic E-state index is -4.41. The molecule has 1 aromatic rings. The van der Waals surface area contributed by atoms with E-state index < -0.39 is 11.9 Å². The van der Waals surface area contributed by atoms with Crippen molar-refractivity contribution in [2.45, 2.75) is 52.3 Å². The Bertz CT molecular complexity index is 405. The average Bonchev–Trinajstić information content (AvgIpc) is 2.34. The van der Waals surface area contributed by atoms with E-state index in [1.54, 1.807) is 0 Å². The Kier molecular flexibility index (Phi) is 6.39. The third-order valence-corrected chi connectivity index (χ3v) is 2.86. The van der Waals surface area contributed by atoms with Gasteiger partial charge in [0.25, 0.3) is 0 Å². The Labute approximate surface area is 118 Å². The number of nitrogens with zero attached hydrogens (tertiary/aromatic N) is 2. The molecule has 3 nitrogen and oxygen atoms in total. The fourth-order valence-electron chi connectivity index (χ4n) is 2.03. The first kappa shape index (κ1) is 16.9. The maximum absolute atomic E-state index is 12.6. The lowest BCUT2D eigenvalue weighted by Crippen LogP contribution is -2.33. The number of hydrogen-bond acceptors (Lipinski definition) is 3. The zero-order valence-electron chi connectivity index (χ0n) is 12.2. The maximum atomic E-state index is 12.6. The molecule has 1 N–H and O–H groups in total. The van der Waals surface area contributed by atoms with E-state index in [1.807, 2.05) is 0 Å². The first-order valence-electron chi connectivity index (χ1n) is 6.95. The van der Waals surface area contributed by atoms with E-state index in [2.05, 4.69) is 36.1 Å². The molecule has 0 aliphatic rings. The third kappa shape index (κ3) is 5.86. The second-order valence-electron chi connectivity index (χ2n) is 5.34. The molecule has 1 aromatic heterocycles. The summed E-state index contributed by atoms with van der Waals surface area (Å²) in [5.41, 5.74) is -0.874. The lowest BCUT2D eigenvalue weighted by Gasteiger charge is -2.20. The van der Waals surface area contributed by atoms with Crippen LogP contribution in [-0.2, 0) is 12.6 Å². The van der Waals surface area contributed by atoms with Crippen LogP contribution < -0.4 is 5.32 Å². The average molecular weight is 289 g/mol. The summed E-state index contributed by atoms with van der Waals surface area (Å²) in [6, 6.07) is 1.01. The molecular weight excluding hydrogens is 267 g/mol. The fraction of sp³-hybridized carbons (Fsp3) is 0.714. The molecule has 0 bridgehead atoms. The molecule has 0 fully saturated rings. The van der Waals surface area contributed by atoms with Crippen molar-refractivity contribution in [1.82, 2.24) is 15.3 Å². The molecular formula is C14H22F3N3. The topological polar surface area (TPSA) is 37.8 Å². The molecule has 0 spiro atoms. The highest BCUT2D eigenvalue weighted by atomic mass is 19.4. The van der Waals surface area contributed by atoms with Crippen LogP contribution in [0.4, 0.5) is 13.2 Å². The summed E-state index contributed by atoms with van der Waals surface area (Å²) in [7, 11) is 0. The van der Waals surface area contributed by atoms with Crippen LogP contribution in [0.25, 0.3) is 0 Å². The van der Waals surface area contributed by atoms with E-state index >= 15 is 0 Å². The van der Waals surface area contributed by atoms with Crippen LogP contribution in [0.3, 0.4) is 0 Å². The molecule has 0 saturated carbocycles. The van der Waals surface area contributed by atoms with E-state index in [4.69, 9.17) is 0 Å². The predicted molar refractivity (Wildman–Crippen MR) is 72.3 cm³/mol. The predicted octanol–water partition coefficient (Wildman–Crippen LogP) is 3.45. The first-order valence-corrected chi connectivity index (χ1v) is 6.95. The highest BCUT2D eigenvalue weighted by Crippen LogP contribution is 2.27. The Balaban J connectivity index is 2.77. The van der Waals surface area contributed by atoms with Gasteiger partial charge in [-0.1, -0.05) is 20.8 Å². The summed E-state index contributed by atoms with van der Waals surface area (Å²) >= 11 is 0. The number of nitrogens with one attached hydrogen (secondary N) is 1. The molecule has 1 heterocycles. The van der Waals surface area contributed by atoms with Crippen molar-refractivity contribution in [3.8, 4) is 0 Å². The monoisotopic (exact) mass is 289 g/mol. The van der Waals surface area contributed by atoms with Crippen LogP contribution in [0.1, 0.15) is 45.1 Å². The summed E-state index contributed by atoms with van der Waals surface area (Å²) in [5, 5.41) is 3.35. The normalized spacial score (nSPS) is 13.8. The van der Waals surface area contributed by atoms with Crippen LogP contribution in [0.15, 0.2) is 12.3 Å². The first-order chi connectivity index (χ1) is 9.32. The molecule has 1 atom stereocenters. The summed E-state index contributed by atoms with van der Waals surface area (Å²) in [6.07, 6.45) is -0.945. The summed E-state index contributed by atoms with van der Waals surface area (Å²) < 4.78 is 37.8. The van der Waals surface area contributed by atoms with Crippen LogP contribution in [-0.4, -0.2) is 22.6 Å². The number of halogens is 3. The van der Waals surface area contributed by atoms with Crippen LogP contribution in [0.2, 0.25) is 0 Å². The van der Waals surface area contributed by atoms with E-state index in [1.165, 1.54) is 6.20 Å². The minimum absolute atomic E-state index is 0.110. The van der Waals surface area contributed by atoms with Gasteiger partial charge in [-0.25, -0.2) is 9.97 Å². The highest BCUT2D eigenvalue weighted by Gasteiger charge is 2.32. The second-order valence-corrected chi connectivity index (χ2v) is 5.34. The van der Waals surface area contributed by atoms with Gasteiger partial charge >= 0.3 is 6.18 Å². The van der Waals surface area contributed by atoms with Crippen LogP contribution in [0, 0.1) is 5.92 Å². The van der Waals surface area contributed by atoms with Crippen LogP contribution in [0.5, 0.6) is 0 Å². The molecule has 1 rings (SSSR count). The van der Waals surface area contributed by atoms with Gasteiger partial charge in [-0.2, -0.15) is 13.2 Å². The molecule has 1 unspecified atom stereocenters. The van der Waals surface area contributed by atoms with Gasteiger partial charge in [0.2, 0.25) is 0 Å².